The summed E-state index contributed by atoms with van der Waals surface area (Å²) in [6, 6.07) is 22.9. The van der Waals surface area contributed by atoms with Gasteiger partial charge < -0.3 is 15.4 Å². The van der Waals surface area contributed by atoms with Crippen LogP contribution in [-0.4, -0.2) is 29.6 Å². The van der Waals surface area contributed by atoms with Crippen LogP contribution >= 0.6 is 23.1 Å². The van der Waals surface area contributed by atoms with Gasteiger partial charge in [0, 0.05) is 21.0 Å². The number of benzene rings is 3. The minimum atomic E-state index is -0.487. The maximum atomic E-state index is 13.3. The standard InChI is InChI=1S/C33H31FN2O4S2/c1-3-40-33(39)29-27-17-14-23(21-8-5-4-6-9-21)18-28(27)42-32(29)36-30(37)20(2)41-26-11-7-10-25(19-26)35-31(38)22-12-15-24(34)16-13-22/h4-13,15-16,19-20,23H,3,14,17-18H2,1-2H3,(H,35,38)(H,36,37). The van der Waals surface area contributed by atoms with Crippen LogP contribution in [0.25, 0.3) is 0 Å². The summed E-state index contributed by atoms with van der Waals surface area (Å²) in [5.74, 6) is -1.05. The van der Waals surface area contributed by atoms with Crippen molar-refractivity contribution < 1.29 is 23.5 Å². The lowest BCUT2D eigenvalue weighted by molar-refractivity contribution is -0.115. The summed E-state index contributed by atoms with van der Waals surface area (Å²) in [6.45, 7) is 3.83. The van der Waals surface area contributed by atoms with Crippen LogP contribution < -0.4 is 10.6 Å². The van der Waals surface area contributed by atoms with Crippen molar-refractivity contribution in [3.8, 4) is 0 Å². The van der Waals surface area contributed by atoms with Gasteiger partial charge in [-0.25, -0.2) is 9.18 Å². The van der Waals surface area contributed by atoms with E-state index in [9.17, 15) is 18.8 Å². The Kier molecular flexibility index (Phi) is 9.39. The number of hydrogen-bond donors (Lipinski definition) is 2. The summed E-state index contributed by atoms with van der Waals surface area (Å²) in [6.07, 6.45) is 2.48. The van der Waals surface area contributed by atoms with Gasteiger partial charge in [-0.1, -0.05) is 36.4 Å². The number of amides is 2. The third-order valence-electron chi connectivity index (χ3n) is 7.13. The fraction of sp³-hybridized carbons (Fsp3) is 0.242. The summed E-state index contributed by atoms with van der Waals surface area (Å²) < 4.78 is 18.6. The Balaban J connectivity index is 1.28. The van der Waals surface area contributed by atoms with Gasteiger partial charge in [-0.15, -0.1) is 23.1 Å². The highest BCUT2D eigenvalue weighted by Gasteiger charge is 2.31. The number of thiophene rings is 1. The average molecular weight is 603 g/mol. The van der Waals surface area contributed by atoms with Crippen molar-refractivity contribution in [2.24, 2.45) is 0 Å². The Bertz CT molecular complexity index is 1590. The van der Waals surface area contributed by atoms with Crippen LogP contribution in [0.3, 0.4) is 0 Å². The Labute approximate surface area is 252 Å². The molecule has 0 spiro atoms. The van der Waals surface area contributed by atoms with Crippen molar-refractivity contribution >= 4 is 51.6 Å². The first kappa shape index (κ1) is 29.5. The molecule has 6 nitrogen and oxygen atoms in total. The number of rotatable bonds is 9. The number of hydrogen-bond acceptors (Lipinski definition) is 6. The number of halogens is 1. The van der Waals surface area contributed by atoms with E-state index in [2.05, 4.69) is 22.8 Å². The van der Waals surface area contributed by atoms with Crippen molar-refractivity contribution in [3.05, 3.63) is 112 Å². The molecule has 216 valence electrons. The van der Waals surface area contributed by atoms with Gasteiger partial charge in [0.1, 0.15) is 10.8 Å². The maximum Gasteiger partial charge on any atom is 0.341 e. The molecule has 5 rings (SSSR count). The van der Waals surface area contributed by atoms with Crippen LogP contribution in [-0.2, 0) is 22.4 Å². The van der Waals surface area contributed by atoms with Crippen molar-refractivity contribution in [2.45, 2.75) is 49.2 Å². The Morgan fingerprint density at radius 3 is 2.52 bits per heavy atom. The number of carbonyl (C=O) groups is 3. The highest BCUT2D eigenvalue weighted by Crippen LogP contribution is 2.43. The SMILES string of the molecule is CCOC(=O)c1c(NC(=O)C(C)Sc2cccc(NC(=O)c3ccc(F)cc3)c2)sc2c1CCC(c1ccccc1)C2. The molecular weight excluding hydrogens is 572 g/mol. The molecule has 1 aliphatic rings. The molecule has 42 heavy (non-hydrogen) atoms. The van der Waals surface area contributed by atoms with E-state index in [4.69, 9.17) is 4.74 Å². The molecule has 0 saturated heterocycles. The van der Waals surface area contributed by atoms with E-state index in [1.807, 2.05) is 24.3 Å². The zero-order valence-electron chi connectivity index (χ0n) is 23.3. The molecule has 9 heteroatoms. The molecule has 0 fully saturated rings. The molecule has 1 aliphatic carbocycles. The summed E-state index contributed by atoms with van der Waals surface area (Å²) in [4.78, 5) is 40.8. The zero-order valence-corrected chi connectivity index (χ0v) is 24.9. The van der Waals surface area contributed by atoms with Gasteiger partial charge in [0.05, 0.1) is 17.4 Å². The third kappa shape index (κ3) is 6.91. The number of fused-ring (bicyclic) bond motifs is 1. The first-order valence-corrected chi connectivity index (χ1v) is 15.5. The van der Waals surface area contributed by atoms with E-state index in [0.717, 1.165) is 34.6 Å². The lowest BCUT2D eigenvalue weighted by Crippen LogP contribution is -2.23. The van der Waals surface area contributed by atoms with Crippen LogP contribution in [0.1, 0.15) is 62.9 Å². The van der Waals surface area contributed by atoms with Gasteiger partial charge in [0.2, 0.25) is 5.91 Å². The monoisotopic (exact) mass is 602 g/mol. The van der Waals surface area contributed by atoms with E-state index in [-0.39, 0.29) is 18.4 Å². The second-order valence-electron chi connectivity index (χ2n) is 10.0. The minimum Gasteiger partial charge on any atom is -0.462 e. The van der Waals surface area contributed by atoms with Crippen molar-refractivity contribution in [1.29, 1.82) is 0 Å². The van der Waals surface area contributed by atoms with E-state index >= 15 is 0 Å². The topological polar surface area (TPSA) is 84.5 Å². The highest BCUT2D eigenvalue weighted by molar-refractivity contribution is 8.00. The number of ether oxygens (including phenoxy) is 1. The Hall–Kier alpha value is -3.95. The van der Waals surface area contributed by atoms with Crippen molar-refractivity contribution in [2.75, 3.05) is 17.2 Å². The average Bonchev–Trinajstić information content (AvgIpc) is 3.35. The number of esters is 1. The maximum absolute atomic E-state index is 13.3. The smallest absolute Gasteiger partial charge is 0.341 e. The van der Waals surface area contributed by atoms with Crippen molar-refractivity contribution in [1.82, 2.24) is 0 Å². The molecule has 0 bridgehead atoms. The largest absolute Gasteiger partial charge is 0.462 e. The molecular formula is C33H31FN2O4S2. The van der Waals surface area contributed by atoms with Gasteiger partial charge >= 0.3 is 5.97 Å². The fourth-order valence-corrected chi connectivity index (χ4v) is 7.27. The molecule has 3 aromatic carbocycles. The van der Waals surface area contributed by atoms with Gasteiger partial charge in [0.25, 0.3) is 5.91 Å². The Morgan fingerprint density at radius 1 is 1.02 bits per heavy atom. The molecule has 2 atom stereocenters. The highest BCUT2D eigenvalue weighted by atomic mass is 32.2. The predicted molar refractivity (Wildman–Crippen MR) is 166 cm³/mol. The van der Waals surface area contributed by atoms with E-state index < -0.39 is 17.0 Å². The number of carbonyl (C=O) groups excluding carboxylic acids is 3. The summed E-state index contributed by atoms with van der Waals surface area (Å²) in [7, 11) is 0. The molecule has 4 aromatic rings. The van der Waals surface area contributed by atoms with E-state index in [1.165, 1.54) is 52.9 Å². The summed E-state index contributed by atoms with van der Waals surface area (Å²) >= 11 is 2.80. The predicted octanol–water partition coefficient (Wildman–Crippen LogP) is 7.71. The van der Waals surface area contributed by atoms with Crippen LogP contribution in [0.4, 0.5) is 15.1 Å². The Morgan fingerprint density at radius 2 is 1.79 bits per heavy atom. The zero-order chi connectivity index (χ0) is 29.6. The first-order valence-electron chi connectivity index (χ1n) is 13.8. The normalized spacial score (nSPS) is 14.9. The quantitative estimate of drug-likeness (QED) is 0.151. The second kappa shape index (κ2) is 13.4. The van der Waals surface area contributed by atoms with Gasteiger partial charge in [-0.3, -0.25) is 9.59 Å². The molecule has 1 heterocycles. The van der Waals surface area contributed by atoms with Gasteiger partial charge in [0.15, 0.2) is 0 Å². The van der Waals surface area contributed by atoms with Gasteiger partial charge in [-0.2, -0.15) is 0 Å². The fourth-order valence-electron chi connectivity index (χ4n) is 5.03. The molecule has 1 aromatic heterocycles. The van der Waals surface area contributed by atoms with Crippen molar-refractivity contribution in [3.63, 3.8) is 0 Å². The summed E-state index contributed by atoms with van der Waals surface area (Å²) in [5, 5.41) is 5.87. The summed E-state index contributed by atoms with van der Waals surface area (Å²) in [5.41, 5.74) is 3.63. The van der Waals surface area contributed by atoms with Gasteiger partial charge in [-0.05, 0) is 92.6 Å². The minimum absolute atomic E-state index is 0.232. The number of anilines is 2. The lowest BCUT2D eigenvalue weighted by Gasteiger charge is -2.23. The molecule has 2 N–H and O–H groups in total. The third-order valence-corrected chi connectivity index (χ3v) is 9.40. The number of thioether (sulfide) groups is 1. The molecule has 0 radical (unpaired) electrons. The van der Waals surface area contributed by atoms with Crippen LogP contribution in [0.2, 0.25) is 0 Å². The molecule has 2 unspecified atom stereocenters. The van der Waals surface area contributed by atoms with E-state index in [0.29, 0.717) is 27.7 Å². The van der Waals surface area contributed by atoms with Crippen LogP contribution in [0.15, 0.2) is 83.8 Å². The first-order chi connectivity index (χ1) is 20.3. The molecule has 0 aliphatic heterocycles. The molecule has 0 saturated carbocycles. The molecule has 2 amide bonds. The van der Waals surface area contributed by atoms with Crippen LogP contribution in [0.5, 0.6) is 0 Å². The second-order valence-corrected chi connectivity index (χ2v) is 12.5. The van der Waals surface area contributed by atoms with E-state index in [1.54, 1.807) is 32.0 Å². The lowest BCUT2D eigenvalue weighted by atomic mass is 9.83. The van der Waals surface area contributed by atoms with Crippen LogP contribution in [0, 0.1) is 5.82 Å². The number of nitrogens with one attached hydrogen (secondary N) is 2.